The fraction of sp³-hybridized carbons (Fsp3) is 0.600. The first kappa shape index (κ1) is 24.6. The first-order valence-corrected chi connectivity index (χ1v) is 9.99. The van der Waals surface area contributed by atoms with Crippen molar-refractivity contribution >= 4 is 23.5 Å². The summed E-state index contributed by atoms with van der Waals surface area (Å²) in [5, 5.41) is 1.91. The van der Waals surface area contributed by atoms with Gasteiger partial charge in [0.1, 0.15) is 12.2 Å². The molecule has 1 aromatic rings. The molecule has 0 aliphatic carbocycles. The zero-order chi connectivity index (χ0) is 23.5. The molecule has 0 amide bonds. The number of nitrogens with zero attached hydrogens (tertiary/aromatic N) is 1. The zero-order valence-electron chi connectivity index (χ0n) is 17.7. The molecule has 1 aliphatic heterocycles. The van der Waals surface area contributed by atoms with E-state index < -0.39 is 65.2 Å². The molecule has 2 heterocycles. The van der Waals surface area contributed by atoms with Gasteiger partial charge in [-0.05, 0) is 24.4 Å². The highest BCUT2D eigenvalue weighted by Crippen LogP contribution is 2.44. The van der Waals surface area contributed by atoms with Gasteiger partial charge in [0.05, 0.1) is 11.8 Å². The molecular weight excluding hydrogens is 435 g/mol. The van der Waals surface area contributed by atoms with E-state index in [1.165, 1.54) is 6.92 Å². The fourth-order valence-corrected chi connectivity index (χ4v) is 3.09. The molecule has 1 saturated heterocycles. The van der Waals surface area contributed by atoms with Crippen molar-refractivity contribution in [3.8, 4) is 11.3 Å². The summed E-state index contributed by atoms with van der Waals surface area (Å²) < 4.78 is 33.4. The molecule has 0 spiro atoms. The SMILES string of the molecule is CC(C)C(=O)OC(C)[C@H]1O[C@@H](n2ccc(=O)[nH]c2=O)[C@@](F)(C#CCl)[C@@H]1OC(=O)C(C)C. The minimum Gasteiger partial charge on any atom is -0.460 e. The highest BCUT2D eigenvalue weighted by molar-refractivity contribution is 6.30. The second kappa shape index (κ2) is 9.66. The average Bonchev–Trinajstić information content (AvgIpc) is 2.94. The molecule has 1 aliphatic rings. The standard InChI is InChI=1S/C20H24ClFN2O7/c1-10(2)16(26)29-12(5)14-15(31-17(27)11(3)4)20(22,7-8-21)18(30-14)24-9-6-13(25)23-19(24)28/h6,9-12,14-15,18H,1-5H3,(H,23,25,28)/t12?,14-,15-,18-,20-/m1/s1. The van der Waals surface area contributed by atoms with Gasteiger partial charge in [-0.3, -0.25) is 23.9 Å². The monoisotopic (exact) mass is 458 g/mol. The van der Waals surface area contributed by atoms with Gasteiger partial charge in [0, 0.05) is 17.6 Å². The summed E-state index contributed by atoms with van der Waals surface area (Å²) in [5.41, 5.74) is -4.47. The van der Waals surface area contributed by atoms with Gasteiger partial charge in [0.25, 0.3) is 11.2 Å². The van der Waals surface area contributed by atoms with Crippen LogP contribution in [0.25, 0.3) is 0 Å². The number of carbonyl (C=O) groups excluding carboxylic acids is 2. The number of carbonyl (C=O) groups is 2. The van der Waals surface area contributed by atoms with E-state index in [0.717, 1.165) is 16.8 Å². The van der Waals surface area contributed by atoms with Gasteiger partial charge in [-0.2, -0.15) is 0 Å². The van der Waals surface area contributed by atoms with E-state index in [0.29, 0.717) is 0 Å². The van der Waals surface area contributed by atoms with Crippen LogP contribution in [-0.4, -0.2) is 45.5 Å². The molecule has 1 aromatic heterocycles. The van der Waals surface area contributed by atoms with Gasteiger partial charge in [-0.1, -0.05) is 27.7 Å². The average molecular weight is 459 g/mol. The summed E-state index contributed by atoms with van der Waals surface area (Å²) in [4.78, 5) is 50.0. The molecule has 5 atom stereocenters. The Morgan fingerprint density at radius 3 is 2.35 bits per heavy atom. The maximum Gasteiger partial charge on any atom is 0.330 e. The topological polar surface area (TPSA) is 117 Å². The molecule has 9 nitrogen and oxygen atoms in total. The van der Waals surface area contributed by atoms with Crippen molar-refractivity contribution in [2.75, 3.05) is 0 Å². The number of H-pyrrole nitrogens is 1. The van der Waals surface area contributed by atoms with Crippen LogP contribution in [0.5, 0.6) is 0 Å². The molecule has 170 valence electrons. The van der Waals surface area contributed by atoms with Crippen molar-refractivity contribution in [2.45, 2.75) is 64.8 Å². The van der Waals surface area contributed by atoms with Crippen LogP contribution >= 0.6 is 11.6 Å². The molecule has 1 fully saturated rings. The second-order valence-corrected chi connectivity index (χ2v) is 7.96. The highest BCUT2D eigenvalue weighted by atomic mass is 35.5. The number of ether oxygens (including phenoxy) is 3. The molecule has 2 rings (SSSR count). The van der Waals surface area contributed by atoms with Crippen LogP contribution in [-0.2, 0) is 23.8 Å². The predicted octanol–water partition coefficient (Wildman–Crippen LogP) is 1.50. The van der Waals surface area contributed by atoms with Crippen LogP contribution in [0, 0.1) is 23.1 Å². The summed E-state index contributed by atoms with van der Waals surface area (Å²) in [5.74, 6) is -0.305. The molecule has 31 heavy (non-hydrogen) atoms. The van der Waals surface area contributed by atoms with Gasteiger partial charge >= 0.3 is 17.6 Å². The van der Waals surface area contributed by atoms with E-state index in [1.54, 1.807) is 27.7 Å². The van der Waals surface area contributed by atoms with Gasteiger partial charge in [-0.25, -0.2) is 9.18 Å². The summed E-state index contributed by atoms with van der Waals surface area (Å²) in [6.45, 7) is 7.76. The number of hydrogen-bond donors (Lipinski definition) is 1. The summed E-state index contributed by atoms with van der Waals surface area (Å²) >= 11 is 5.48. The number of aromatic amines is 1. The highest BCUT2D eigenvalue weighted by Gasteiger charge is 2.62. The van der Waals surface area contributed by atoms with E-state index in [1.807, 2.05) is 10.4 Å². The predicted molar refractivity (Wildman–Crippen MR) is 108 cm³/mol. The largest absolute Gasteiger partial charge is 0.460 e. The third kappa shape index (κ3) is 5.17. The summed E-state index contributed by atoms with van der Waals surface area (Å²) in [6.07, 6.45) is -4.82. The van der Waals surface area contributed by atoms with E-state index in [9.17, 15) is 19.2 Å². The van der Waals surface area contributed by atoms with Gasteiger partial charge in [0.2, 0.25) is 0 Å². The van der Waals surface area contributed by atoms with Crippen LogP contribution in [0.4, 0.5) is 4.39 Å². The molecule has 0 aromatic carbocycles. The Kier molecular flexibility index (Phi) is 7.68. The zero-order valence-corrected chi connectivity index (χ0v) is 18.4. The van der Waals surface area contributed by atoms with Crippen molar-refractivity contribution in [1.29, 1.82) is 0 Å². The minimum atomic E-state index is -2.79. The lowest BCUT2D eigenvalue weighted by Crippen LogP contribution is -2.49. The van der Waals surface area contributed by atoms with Gasteiger partial charge in [0.15, 0.2) is 12.3 Å². The van der Waals surface area contributed by atoms with Crippen molar-refractivity contribution in [3.05, 3.63) is 33.1 Å². The Hall–Kier alpha value is -2.64. The lowest BCUT2D eigenvalue weighted by atomic mass is 9.94. The summed E-state index contributed by atoms with van der Waals surface area (Å²) in [6, 6.07) is 0.990. The molecule has 1 unspecified atom stereocenters. The first-order chi connectivity index (χ1) is 14.4. The number of nitrogens with one attached hydrogen (secondary N) is 1. The van der Waals surface area contributed by atoms with Crippen LogP contribution in [0.2, 0.25) is 0 Å². The lowest BCUT2D eigenvalue weighted by molar-refractivity contribution is -0.171. The maximum absolute atomic E-state index is 16.3. The number of halogens is 2. The van der Waals surface area contributed by atoms with Crippen molar-refractivity contribution in [2.24, 2.45) is 11.8 Å². The second-order valence-electron chi connectivity index (χ2n) is 7.77. The lowest BCUT2D eigenvalue weighted by Gasteiger charge is -2.29. The molecule has 0 saturated carbocycles. The Morgan fingerprint density at radius 2 is 1.84 bits per heavy atom. The van der Waals surface area contributed by atoms with Crippen molar-refractivity contribution in [3.63, 3.8) is 0 Å². The maximum atomic E-state index is 16.3. The number of hydrogen-bond acceptors (Lipinski definition) is 7. The van der Waals surface area contributed by atoms with E-state index in [-0.39, 0.29) is 0 Å². The van der Waals surface area contributed by atoms with E-state index >= 15 is 4.39 Å². The third-order valence-electron chi connectivity index (χ3n) is 4.65. The minimum absolute atomic E-state index is 0.476. The smallest absolute Gasteiger partial charge is 0.330 e. The Balaban J connectivity index is 2.58. The van der Waals surface area contributed by atoms with Gasteiger partial charge in [-0.15, -0.1) is 0 Å². The number of esters is 2. The van der Waals surface area contributed by atoms with Crippen LogP contribution < -0.4 is 11.2 Å². The number of aromatic nitrogens is 2. The van der Waals surface area contributed by atoms with Crippen molar-refractivity contribution < 1.29 is 28.2 Å². The van der Waals surface area contributed by atoms with Crippen LogP contribution in [0.1, 0.15) is 40.8 Å². The molecule has 0 radical (unpaired) electrons. The van der Waals surface area contributed by atoms with E-state index in [2.05, 4.69) is 5.92 Å². The normalized spacial score (nSPS) is 26.3. The molecule has 1 N–H and O–H groups in total. The number of alkyl halides is 1. The Morgan fingerprint density at radius 1 is 1.23 bits per heavy atom. The third-order valence-corrected chi connectivity index (χ3v) is 4.75. The quantitative estimate of drug-likeness (QED) is 0.507. The van der Waals surface area contributed by atoms with E-state index in [4.69, 9.17) is 25.8 Å². The number of rotatable bonds is 6. The van der Waals surface area contributed by atoms with Crippen molar-refractivity contribution in [1.82, 2.24) is 9.55 Å². The molecule has 11 heteroatoms. The first-order valence-electron chi connectivity index (χ1n) is 9.62. The molecule has 0 bridgehead atoms. The summed E-state index contributed by atoms with van der Waals surface area (Å²) in [7, 11) is 0. The molecular formula is C20H24ClFN2O7. The van der Waals surface area contributed by atoms with Crippen LogP contribution in [0.15, 0.2) is 21.9 Å². The van der Waals surface area contributed by atoms with Crippen LogP contribution in [0.3, 0.4) is 0 Å². The Bertz CT molecular complexity index is 1010. The van der Waals surface area contributed by atoms with Gasteiger partial charge < -0.3 is 14.2 Å². The fourth-order valence-electron chi connectivity index (χ4n) is 2.94. The Labute approximate surface area is 182 Å².